The van der Waals surface area contributed by atoms with Crippen molar-refractivity contribution in [3.63, 3.8) is 0 Å². The average Bonchev–Trinajstić information content (AvgIpc) is 3.16. The highest BCUT2D eigenvalue weighted by Gasteiger charge is 2.24. The number of aliphatic hydroxyl groups excluding tert-OH is 1. The van der Waals surface area contributed by atoms with Gasteiger partial charge in [-0.3, -0.25) is 0 Å². The number of thioether (sulfide) groups is 1. The van der Waals surface area contributed by atoms with Gasteiger partial charge in [-0.25, -0.2) is 0 Å². The number of hydrogen-bond acceptors (Lipinski definition) is 6. The van der Waals surface area contributed by atoms with Crippen molar-refractivity contribution < 1.29 is 9.94 Å². The fourth-order valence-electron chi connectivity index (χ4n) is 3.47. The molecule has 0 aliphatic carbocycles. The van der Waals surface area contributed by atoms with E-state index in [9.17, 15) is 10.0 Å². The van der Waals surface area contributed by atoms with Crippen LogP contribution in [0.4, 0.5) is 5.69 Å². The molecule has 2 aromatic rings. The smallest absolute Gasteiger partial charge is 0.181 e. The lowest BCUT2D eigenvalue weighted by atomic mass is 10.0. The van der Waals surface area contributed by atoms with E-state index < -0.39 is 6.10 Å². The van der Waals surface area contributed by atoms with Crippen LogP contribution in [0.1, 0.15) is 37.0 Å². The topological polar surface area (TPSA) is 62.1 Å². The van der Waals surface area contributed by atoms with Crippen LogP contribution >= 0.6 is 11.8 Å². The van der Waals surface area contributed by atoms with Crippen LogP contribution in [0.25, 0.3) is 0 Å². The van der Waals surface area contributed by atoms with E-state index >= 15 is 0 Å². The van der Waals surface area contributed by atoms with E-state index in [1.54, 1.807) is 11.8 Å². The molecule has 2 aromatic carbocycles. The van der Waals surface area contributed by atoms with Crippen molar-refractivity contribution in [2.45, 2.75) is 36.8 Å². The summed E-state index contributed by atoms with van der Waals surface area (Å²) in [7, 11) is 0. The molecule has 5 nitrogen and oxygen atoms in total. The Hall–Kier alpha value is -2.05. The molecule has 2 atom stereocenters. The molecule has 1 heterocycles. The number of anilines is 1. The minimum absolute atomic E-state index is 0.171. The minimum Gasteiger partial charge on any atom is -0.394 e. The van der Waals surface area contributed by atoms with Gasteiger partial charge >= 0.3 is 0 Å². The van der Waals surface area contributed by atoms with Crippen molar-refractivity contribution in [2.24, 2.45) is 5.34 Å². The van der Waals surface area contributed by atoms with Crippen LogP contribution in [0, 0.1) is 4.91 Å². The van der Waals surface area contributed by atoms with Gasteiger partial charge in [-0.1, -0.05) is 31.2 Å². The maximum absolute atomic E-state index is 10.8. The second-order valence-electron chi connectivity index (χ2n) is 6.33. The molecule has 0 aromatic heterocycles. The number of nitrogens with zero attached hydrogens (tertiary/aromatic N) is 2. The van der Waals surface area contributed by atoms with Crippen molar-refractivity contribution in [1.82, 2.24) is 0 Å². The number of aliphatic hydroxyl groups is 1. The Balaban J connectivity index is 1.80. The first-order valence-electron chi connectivity index (χ1n) is 8.95. The Labute approximate surface area is 158 Å². The van der Waals surface area contributed by atoms with E-state index in [4.69, 9.17) is 4.84 Å². The Morgan fingerprint density at radius 2 is 1.85 bits per heavy atom. The molecule has 1 aliphatic heterocycles. The van der Waals surface area contributed by atoms with Crippen LogP contribution in [0.5, 0.6) is 0 Å². The first-order chi connectivity index (χ1) is 12.8. The van der Waals surface area contributed by atoms with Crippen LogP contribution in [-0.2, 0) is 4.84 Å². The first-order valence-corrected chi connectivity index (χ1v) is 9.94. The zero-order chi connectivity index (χ0) is 18.4. The van der Waals surface area contributed by atoms with E-state index in [2.05, 4.69) is 17.2 Å². The number of rotatable bonds is 8. The van der Waals surface area contributed by atoms with Crippen LogP contribution in [0.2, 0.25) is 0 Å². The van der Waals surface area contributed by atoms with Crippen LogP contribution in [0.3, 0.4) is 0 Å². The lowest BCUT2D eigenvalue weighted by Crippen LogP contribution is -2.31. The fourth-order valence-corrected chi connectivity index (χ4v) is 4.13. The molecule has 1 fully saturated rings. The molecular weight excluding hydrogens is 348 g/mol. The van der Waals surface area contributed by atoms with E-state index in [0.717, 1.165) is 42.0 Å². The molecule has 6 heteroatoms. The Morgan fingerprint density at radius 1 is 1.19 bits per heavy atom. The van der Waals surface area contributed by atoms with Crippen LogP contribution < -0.4 is 4.90 Å². The molecule has 138 valence electrons. The van der Waals surface area contributed by atoms with Gasteiger partial charge in [0, 0.05) is 17.1 Å². The summed E-state index contributed by atoms with van der Waals surface area (Å²) >= 11 is 1.77. The average molecular weight is 372 g/mol. The lowest BCUT2D eigenvalue weighted by Gasteiger charge is -2.25. The summed E-state index contributed by atoms with van der Waals surface area (Å²) in [5.41, 5.74) is 2.86. The molecule has 0 amide bonds. The van der Waals surface area contributed by atoms with Crippen molar-refractivity contribution in [1.29, 1.82) is 0 Å². The minimum atomic E-state index is -0.519. The van der Waals surface area contributed by atoms with Gasteiger partial charge in [0.2, 0.25) is 0 Å². The highest BCUT2D eigenvalue weighted by Crippen LogP contribution is 2.31. The molecule has 0 bridgehead atoms. The maximum atomic E-state index is 10.8. The maximum Gasteiger partial charge on any atom is 0.181 e. The highest BCUT2D eigenvalue weighted by atomic mass is 32.2. The van der Waals surface area contributed by atoms with Gasteiger partial charge < -0.3 is 14.8 Å². The molecule has 1 aliphatic rings. The Morgan fingerprint density at radius 3 is 2.42 bits per heavy atom. The van der Waals surface area contributed by atoms with Gasteiger partial charge in [0.05, 0.1) is 12.6 Å². The molecule has 0 spiro atoms. The summed E-state index contributed by atoms with van der Waals surface area (Å²) in [5.74, 6) is 1.02. The van der Waals surface area contributed by atoms with Gasteiger partial charge in [0.1, 0.15) is 0 Å². The zero-order valence-electron chi connectivity index (χ0n) is 14.9. The number of hydrogen-bond donors (Lipinski definition) is 1. The lowest BCUT2D eigenvalue weighted by molar-refractivity contribution is 0.0832. The standard InChI is InChI=1S/C20H24N2O3S/c1-2-26-19-11-7-16(8-12-19)20(25-21-24)15-5-9-17(10-6-15)22-13-3-4-18(22)14-23/h5-12,18,20,23H,2-4,13-14H2,1H3/t18-,20+/m0/s1. The Kier molecular flexibility index (Phi) is 6.52. The van der Waals surface area contributed by atoms with Gasteiger partial charge in [0.25, 0.3) is 0 Å². The van der Waals surface area contributed by atoms with Gasteiger partial charge in [-0.15, -0.1) is 16.7 Å². The fraction of sp³-hybridized carbons (Fsp3) is 0.400. The predicted octanol–water partition coefficient (Wildman–Crippen LogP) is 4.55. The quantitative estimate of drug-likeness (QED) is 0.418. The van der Waals surface area contributed by atoms with Crippen molar-refractivity contribution in [3.8, 4) is 0 Å². The summed E-state index contributed by atoms with van der Waals surface area (Å²) in [4.78, 5) is 19.3. The van der Waals surface area contributed by atoms with Crippen LogP contribution in [-0.4, -0.2) is 30.1 Å². The Bertz CT molecular complexity index is 706. The molecule has 26 heavy (non-hydrogen) atoms. The molecule has 1 saturated heterocycles. The van der Waals surface area contributed by atoms with E-state index in [1.165, 1.54) is 4.90 Å². The SMILES string of the molecule is CCSc1ccc([C@H](ON=O)c2ccc(N3CCC[C@H]3CO)cc2)cc1. The molecule has 1 N–H and O–H groups in total. The van der Waals surface area contributed by atoms with E-state index in [-0.39, 0.29) is 12.6 Å². The third-order valence-electron chi connectivity index (χ3n) is 4.76. The molecule has 3 rings (SSSR count). The number of benzene rings is 2. The molecule has 0 radical (unpaired) electrons. The summed E-state index contributed by atoms with van der Waals surface area (Å²) in [5, 5.41) is 12.2. The van der Waals surface area contributed by atoms with Gasteiger partial charge in [-0.05, 0) is 54.0 Å². The summed E-state index contributed by atoms with van der Waals surface area (Å²) in [6.45, 7) is 3.24. The third kappa shape index (κ3) is 4.19. The van der Waals surface area contributed by atoms with Gasteiger partial charge in [-0.2, -0.15) is 0 Å². The monoisotopic (exact) mass is 372 g/mol. The summed E-state index contributed by atoms with van der Waals surface area (Å²) in [6, 6.07) is 16.2. The summed E-state index contributed by atoms with van der Waals surface area (Å²) in [6.07, 6.45) is 1.59. The predicted molar refractivity (Wildman–Crippen MR) is 105 cm³/mol. The molecule has 0 saturated carbocycles. The normalized spacial score (nSPS) is 17.9. The van der Waals surface area contributed by atoms with Gasteiger partial charge in [0.15, 0.2) is 11.4 Å². The van der Waals surface area contributed by atoms with Crippen molar-refractivity contribution in [3.05, 3.63) is 64.6 Å². The third-order valence-corrected chi connectivity index (χ3v) is 5.65. The van der Waals surface area contributed by atoms with Crippen molar-refractivity contribution in [2.75, 3.05) is 23.8 Å². The second kappa shape index (κ2) is 9.05. The van der Waals surface area contributed by atoms with E-state index in [0.29, 0.717) is 0 Å². The van der Waals surface area contributed by atoms with E-state index in [1.807, 2.05) is 48.5 Å². The summed E-state index contributed by atoms with van der Waals surface area (Å²) < 4.78 is 0. The zero-order valence-corrected chi connectivity index (χ0v) is 15.7. The second-order valence-corrected chi connectivity index (χ2v) is 7.66. The highest BCUT2D eigenvalue weighted by molar-refractivity contribution is 7.99. The van der Waals surface area contributed by atoms with Crippen LogP contribution in [0.15, 0.2) is 58.8 Å². The molecule has 0 unspecified atom stereocenters. The van der Waals surface area contributed by atoms with Crippen molar-refractivity contribution >= 4 is 17.4 Å². The largest absolute Gasteiger partial charge is 0.394 e. The molecular formula is C20H24N2O3S. The first kappa shape index (κ1) is 18.7.